The average molecular weight is 280 g/mol. The molecule has 0 saturated carbocycles. The van der Waals surface area contributed by atoms with Crippen molar-refractivity contribution in [3.63, 3.8) is 0 Å². The maximum absolute atomic E-state index is 5.77. The lowest BCUT2D eigenvalue weighted by Crippen LogP contribution is -2.45. The van der Waals surface area contributed by atoms with Gasteiger partial charge in [-0.25, -0.2) is 9.97 Å². The van der Waals surface area contributed by atoms with Gasteiger partial charge in [-0.3, -0.25) is 4.90 Å². The highest BCUT2D eigenvalue weighted by Crippen LogP contribution is 2.20. The zero-order chi connectivity index (χ0) is 14.4. The summed E-state index contributed by atoms with van der Waals surface area (Å²) in [5, 5.41) is 3.34. The normalized spacial score (nSPS) is 19.9. The second kappa shape index (κ2) is 7.40. The van der Waals surface area contributed by atoms with Crippen molar-refractivity contribution < 1.29 is 9.47 Å². The monoisotopic (exact) mass is 280 g/mol. The summed E-state index contributed by atoms with van der Waals surface area (Å²) in [6.07, 6.45) is 1.73. The first-order valence-corrected chi connectivity index (χ1v) is 7.26. The van der Waals surface area contributed by atoms with Crippen LogP contribution in [0.5, 0.6) is 5.88 Å². The molecule has 1 saturated heterocycles. The summed E-state index contributed by atoms with van der Waals surface area (Å²) < 4.78 is 11.2. The van der Waals surface area contributed by atoms with Gasteiger partial charge in [0.2, 0.25) is 5.88 Å². The summed E-state index contributed by atoms with van der Waals surface area (Å²) in [5.74, 6) is 1.46. The molecular weight excluding hydrogens is 256 g/mol. The van der Waals surface area contributed by atoms with Gasteiger partial charge in [0.25, 0.3) is 0 Å². The molecule has 0 aromatic carbocycles. The molecule has 1 fully saturated rings. The molecule has 0 bridgehead atoms. The third-order valence-electron chi connectivity index (χ3n) is 3.49. The molecule has 112 valence electrons. The van der Waals surface area contributed by atoms with Crippen molar-refractivity contribution in [2.45, 2.75) is 26.9 Å². The van der Waals surface area contributed by atoms with E-state index in [1.54, 1.807) is 0 Å². The Morgan fingerprint density at radius 2 is 2.30 bits per heavy atom. The number of morpholine rings is 1. The second-order valence-electron chi connectivity index (χ2n) is 4.85. The molecule has 1 aromatic rings. The first-order valence-electron chi connectivity index (χ1n) is 7.26. The first kappa shape index (κ1) is 15.0. The molecule has 1 unspecified atom stereocenters. The van der Waals surface area contributed by atoms with Crippen LogP contribution in [-0.2, 0) is 4.74 Å². The van der Waals surface area contributed by atoms with E-state index in [1.165, 1.54) is 6.33 Å². The highest BCUT2D eigenvalue weighted by Gasteiger charge is 2.19. The molecule has 1 aliphatic heterocycles. The van der Waals surface area contributed by atoms with Gasteiger partial charge in [0.15, 0.2) is 0 Å². The van der Waals surface area contributed by atoms with Crippen LogP contribution in [0.4, 0.5) is 5.82 Å². The fourth-order valence-corrected chi connectivity index (χ4v) is 2.30. The number of nitrogens with zero attached hydrogens (tertiary/aromatic N) is 3. The van der Waals surface area contributed by atoms with Gasteiger partial charge in [0, 0.05) is 19.6 Å². The number of anilines is 1. The molecule has 1 aliphatic rings. The SMILES string of the molecule is CCOc1ncnc(NCC2CN(CC)CCO2)c1C. The Balaban J connectivity index is 1.92. The Hall–Kier alpha value is -1.40. The van der Waals surface area contributed by atoms with Gasteiger partial charge in [0.05, 0.1) is 24.9 Å². The van der Waals surface area contributed by atoms with E-state index < -0.39 is 0 Å². The molecule has 2 heterocycles. The summed E-state index contributed by atoms with van der Waals surface area (Å²) in [6.45, 7) is 11.3. The summed E-state index contributed by atoms with van der Waals surface area (Å²) in [7, 11) is 0. The quantitative estimate of drug-likeness (QED) is 0.848. The third kappa shape index (κ3) is 3.80. The lowest BCUT2D eigenvalue weighted by molar-refractivity contribution is -0.0192. The van der Waals surface area contributed by atoms with E-state index in [1.807, 2.05) is 13.8 Å². The molecule has 2 rings (SSSR count). The molecule has 0 aliphatic carbocycles. The molecule has 1 aromatic heterocycles. The minimum atomic E-state index is 0.202. The van der Waals surface area contributed by atoms with Crippen LogP contribution in [0, 0.1) is 6.92 Å². The smallest absolute Gasteiger partial charge is 0.221 e. The predicted molar refractivity (Wildman–Crippen MR) is 78.3 cm³/mol. The summed E-state index contributed by atoms with van der Waals surface area (Å²) in [4.78, 5) is 10.8. The summed E-state index contributed by atoms with van der Waals surface area (Å²) in [6, 6.07) is 0. The molecular formula is C14H24N4O2. The zero-order valence-corrected chi connectivity index (χ0v) is 12.6. The van der Waals surface area contributed by atoms with E-state index in [9.17, 15) is 0 Å². The van der Waals surface area contributed by atoms with Crippen molar-refractivity contribution in [2.75, 3.05) is 44.7 Å². The Morgan fingerprint density at radius 1 is 1.45 bits per heavy atom. The largest absolute Gasteiger partial charge is 0.478 e. The third-order valence-corrected chi connectivity index (χ3v) is 3.49. The van der Waals surface area contributed by atoms with Crippen LogP contribution >= 0.6 is 0 Å². The van der Waals surface area contributed by atoms with E-state index in [0.717, 1.165) is 44.2 Å². The van der Waals surface area contributed by atoms with Crippen molar-refractivity contribution in [1.29, 1.82) is 0 Å². The second-order valence-corrected chi connectivity index (χ2v) is 4.85. The molecule has 0 amide bonds. The van der Waals surface area contributed by atoms with Crippen LogP contribution in [0.15, 0.2) is 6.33 Å². The Kier molecular flexibility index (Phi) is 5.55. The maximum atomic E-state index is 5.77. The van der Waals surface area contributed by atoms with Crippen molar-refractivity contribution in [3.8, 4) is 5.88 Å². The number of hydrogen-bond acceptors (Lipinski definition) is 6. The van der Waals surface area contributed by atoms with Gasteiger partial charge in [-0.15, -0.1) is 0 Å². The molecule has 1 N–H and O–H groups in total. The number of hydrogen-bond donors (Lipinski definition) is 1. The number of aromatic nitrogens is 2. The highest BCUT2D eigenvalue weighted by molar-refractivity contribution is 5.47. The molecule has 6 nitrogen and oxygen atoms in total. The number of rotatable bonds is 6. The standard InChI is InChI=1S/C14H24N4O2/c1-4-18-6-7-20-12(9-18)8-15-13-11(3)14(19-5-2)17-10-16-13/h10,12H,4-9H2,1-3H3,(H,15,16,17). The van der Waals surface area contributed by atoms with Crippen molar-refractivity contribution in [1.82, 2.24) is 14.9 Å². The Morgan fingerprint density at radius 3 is 3.05 bits per heavy atom. The van der Waals surface area contributed by atoms with Crippen LogP contribution in [0.3, 0.4) is 0 Å². The lowest BCUT2D eigenvalue weighted by Gasteiger charge is -2.32. The number of ether oxygens (including phenoxy) is 2. The van der Waals surface area contributed by atoms with Crippen molar-refractivity contribution >= 4 is 5.82 Å². The molecule has 1 atom stereocenters. The van der Waals surface area contributed by atoms with E-state index in [0.29, 0.717) is 12.5 Å². The average Bonchev–Trinajstić information content (AvgIpc) is 2.48. The topological polar surface area (TPSA) is 59.5 Å². The number of likely N-dealkylation sites (N-methyl/N-ethyl adjacent to an activating group) is 1. The Bertz CT molecular complexity index is 428. The van der Waals surface area contributed by atoms with Gasteiger partial charge >= 0.3 is 0 Å². The van der Waals surface area contributed by atoms with Crippen LogP contribution in [0.2, 0.25) is 0 Å². The van der Waals surface area contributed by atoms with Crippen LogP contribution in [0.1, 0.15) is 19.4 Å². The van der Waals surface area contributed by atoms with E-state index >= 15 is 0 Å². The molecule has 0 radical (unpaired) electrons. The summed E-state index contributed by atoms with van der Waals surface area (Å²) >= 11 is 0. The van der Waals surface area contributed by atoms with Crippen LogP contribution in [-0.4, -0.2) is 60.4 Å². The number of nitrogens with one attached hydrogen (secondary N) is 1. The fourth-order valence-electron chi connectivity index (χ4n) is 2.30. The van der Waals surface area contributed by atoms with E-state index in [4.69, 9.17) is 9.47 Å². The fraction of sp³-hybridized carbons (Fsp3) is 0.714. The van der Waals surface area contributed by atoms with Gasteiger partial charge in [-0.2, -0.15) is 0 Å². The van der Waals surface area contributed by atoms with Crippen molar-refractivity contribution in [2.24, 2.45) is 0 Å². The highest BCUT2D eigenvalue weighted by atomic mass is 16.5. The molecule has 0 spiro atoms. The van der Waals surface area contributed by atoms with Gasteiger partial charge in [-0.05, 0) is 20.4 Å². The maximum Gasteiger partial charge on any atom is 0.221 e. The lowest BCUT2D eigenvalue weighted by atomic mass is 10.2. The van der Waals surface area contributed by atoms with Gasteiger partial charge in [0.1, 0.15) is 12.1 Å². The molecule has 6 heteroatoms. The minimum Gasteiger partial charge on any atom is -0.478 e. The Labute approximate surface area is 120 Å². The van der Waals surface area contributed by atoms with Gasteiger partial charge < -0.3 is 14.8 Å². The zero-order valence-electron chi connectivity index (χ0n) is 12.6. The van der Waals surface area contributed by atoms with Gasteiger partial charge in [-0.1, -0.05) is 6.92 Å². The van der Waals surface area contributed by atoms with Crippen LogP contribution in [0.25, 0.3) is 0 Å². The van der Waals surface area contributed by atoms with E-state index in [-0.39, 0.29) is 6.10 Å². The van der Waals surface area contributed by atoms with E-state index in [2.05, 4.69) is 27.1 Å². The predicted octanol–water partition coefficient (Wildman–Crippen LogP) is 1.32. The summed E-state index contributed by atoms with van der Waals surface area (Å²) in [5.41, 5.74) is 0.942. The first-order chi connectivity index (χ1) is 9.74. The molecule has 20 heavy (non-hydrogen) atoms. The van der Waals surface area contributed by atoms with Crippen LogP contribution < -0.4 is 10.1 Å². The minimum absolute atomic E-state index is 0.202. The van der Waals surface area contributed by atoms with Crippen molar-refractivity contribution in [3.05, 3.63) is 11.9 Å².